The molecule has 0 aliphatic rings. The van der Waals surface area contributed by atoms with Gasteiger partial charge in [0.15, 0.2) is 5.56 Å². The molecule has 1 heterocycles. The van der Waals surface area contributed by atoms with Crippen LogP contribution in [-0.2, 0) is 26.7 Å². The zero-order valence-electron chi connectivity index (χ0n) is 15.3. The summed E-state index contributed by atoms with van der Waals surface area (Å²) in [6.45, 7) is 3.52. The summed E-state index contributed by atoms with van der Waals surface area (Å²) in [7, 11) is 2.71. The zero-order chi connectivity index (χ0) is 20.6. The molecule has 9 heteroatoms. The number of nitrogens with zero attached hydrogens (tertiary/aromatic N) is 3. The van der Waals surface area contributed by atoms with Crippen molar-refractivity contribution in [1.82, 2.24) is 9.13 Å². The van der Waals surface area contributed by atoms with Crippen molar-refractivity contribution in [3.05, 3.63) is 61.8 Å². The number of nitrogens with one attached hydrogen (secondary N) is 1. The molecule has 1 aromatic heterocycles. The largest absolute Gasteiger partial charge is 0.416 e. The first kappa shape index (κ1) is 20.3. The first-order chi connectivity index (χ1) is 12.4. The highest BCUT2D eigenvalue weighted by Crippen LogP contribution is 2.30. The number of benzene rings is 1. The smallest absolute Gasteiger partial charge is 0.365 e. The van der Waals surface area contributed by atoms with Crippen LogP contribution in [0.25, 0.3) is 0 Å². The summed E-state index contributed by atoms with van der Waals surface area (Å²) in [5.41, 5.74) is -2.37. The number of alkyl halides is 3. The number of aromatic nitrogens is 2. The molecule has 0 spiro atoms. The standard InChI is InChI=1S/C18H19F3N4O2/c1-17(2,9-11-5-7-12(8-6-11)18(19,20)21)23-14-13(10-22)15(26)25(4)16(27)24(14)3/h5-8,23H,9H2,1-4H3. The molecule has 144 valence electrons. The van der Waals surface area contributed by atoms with Gasteiger partial charge < -0.3 is 5.32 Å². The number of rotatable bonds is 4. The van der Waals surface area contributed by atoms with E-state index < -0.39 is 28.5 Å². The lowest BCUT2D eigenvalue weighted by atomic mass is 9.94. The first-order valence-corrected chi connectivity index (χ1v) is 8.02. The van der Waals surface area contributed by atoms with Crippen molar-refractivity contribution in [3.63, 3.8) is 0 Å². The average molecular weight is 380 g/mol. The predicted molar refractivity (Wildman–Crippen MR) is 94.5 cm³/mol. The monoisotopic (exact) mass is 380 g/mol. The van der Waals surface area contributed by atoms with Crippen LogP contribution in [0.3, 0.4) is 0 Å². The van der Waals surface area contributed by atoms with E-state index in [4.69, 9.17) is 0 Å². The molecule has 2 aromatic rings. The second kappa shape index (κ2) is 6.95. The summed E-state index contributed by atoms with van der Waals surface area (Å²) in [4.78, 5) is 24.3. The third kappa shape index (κ3) is 4.22. The van der Waals surface area contributed by atoms with Crippen molar-refractivity contribution >= 4 is 5.82 Å². The Morgan fingerprint density at radius 3 is 2.11 bits per heavy atom. The number of anilines is 1. The van der Waals surface area contributed by atoms with Crippen LogP contribution in [-0.4, -0.2) is 14.7 Å². The molecule has 0 bridgehead atoms. The quantitative estimate of drug-likeness (QED) is 0.883. The molecule has 1 aromatic carbocycles. The van der Waals surface area contributed by atoms with Gasteiger partial charge in [-0.2, -0.15) is 18.4 Å². The van der Waals surface area contributed by atoms with E-state index in [0.29, 0.717) is 12.0 Å². The Morgan fingerprint density at radius 1 is 1.07 bits per heavy atom. The molecule has 0 unspecified atom stereocenters. The Morgan fingerprint density at radius 2 is 1.63 bits per heavy atom. The highest BCUT2D eigenvalue weighted by molar-refractivity contribution is 5.53. The second-order valence-corrected chi connectivity index (χ2v) is 6.92. The molecule has 0 amide bonds. The summed E-state index contributed by atoms with van der Waals surface area (Å²) in [5.74, 6) is 0.0718. The lowest BCUT2D eigenvalue weighted by molar-refractivity contribution is -0.137. The predicted octanol–water partition coefficient (Wildman–Crippen LogP) is 2.41. The van der Waals surface area contributed by atoms with Gasteiger partial charge in [0.25, 0.3) is 5.56 Å². The molecule has 0 atom stereocenters. The average Bonchev–Trinajstić information content (AvgIpc) is 2.57. The van der Waals surface area contributed by atoms with E-state index in [1.165, 1.54) is 26.2 Å². The Labute approximate surface area is 153 Å². The Hall–Kier alpha value is -3.02. The molecule has 27 heavy (non-hydrogen) atoms. The highest BCUT2D eigenvalue weighted by atomic mass is 19.4. The lowest BCUT2D eigenvalue weighted by Gasteiger charge is -2.29. The Kier molecular flexibility index (Phi) is 5.22. The van der Waals surface area contributed by atoms with Gasteiger partial charge in [-0.25, -0.2) is 4.79 Å². The van der Waals surface area contributed by atoms with E-state index in [9.17, 15) is 28.0 Å². The van der Waals surface area contributed by atoms with Crippen molar-refractivity contribution in [3.8, 4) is 6.07 Å². The minimum absolute atomic E-state index is 0.0718. The van der Waals surface area contributed by atoms with Gasteiger partial charge in [-0.05, 0) is 38.0 Å². The van der Waals surface area contributed by atoms with E-state index >= 15 is 0 Å². The van der Waals surface area contributed by atoms with Gasteiger partial charge in [0.05, 0.1) is 5.56 Å². The third-order valence-corrected chi connectivity index (χ3v) is 4.16. The van der Waals surface area contributed by atoms with E-state index in [2.05, 4.69) is 5.32 Å². The molecule has 0 saturated carbocycles. The van der Waals surface area contributed by atoms with Crippen molar-refractivity contribution in [1.29, 1.82) is 5.26 Å². The zero-order valence-corrected chi connectivity index (χ0v) is 15.3. The summed E-state index contributed by atoms with van der Waals surface area (Å²) in [5, 5.41) is 12.3. The third-order valence-electron chi connectivity index (χ3n) is 4.16. The summed E-state index contributed by atoms with van der Waals surface area (Å²) >= 11 is 0. The molecule has 0 fully saturated rings. The molecular formula is C18H19F3N4O2. The maximum absolute atomic E-state index is 12.7. The van der Waals surface area contributed by atoms with E-state index in [1.54, 1.807) is 19.9 Å². The molecule has 0 aliphatic carbocycles. The van der Waals surface area contributed by atoms with E-state index in [-0.39, 0.29) is 11.4 Å². The molecule has 0 radical (unpaired) electrons. The second-order valence-electron chi connectivity index (χ2n) is 6.92. The van der Waals surface area contributed by atoms with Crippen LogP contribution in [0.5, 0.6) is 0 Å². The van der Waals surface area contributed by atoms with Gasteiger partial charge in [-0.3, -0.25) is 13.9 Å². The van der Waals surface area contributed by atoms with E-state index in [1.807, 2.05) is 0 Å². The van der Waals surface area contributed by atoms with Gasteiger partial charge in [-0.15, -0.1) is 0 Å². The minimum atomic E-state index is -4.41. The molecular weight excluding hydrogens is 361 g/mol. The van der Waals surface area contributed by atoms with Gasteiger partial charge in [0.2, 0.25) is 0 Å². The summed E-state index contributed by atoms with van der Waals surface area (Å²) < 4.78 is 40.0. The molecule has 6 nitrogen and oxygen atoms in total. The summed E-state index contributed by atoms with van der Waals surface area (Å²) in [6.07, 6.45) is -4.10. The fourth-order valence-corrected chi connectivity index (χ4v) is 2.78. The van der Waals surface area contributed by atoms with Crippen LogP contribution in [0.4, 0.5) is 19.0 Å². The van der Waals surface area contributed by atoms with Crippen molar-refractivity contribution < 1.29 is 13.2 Å². The normalized spacial score (nSPS) is 11.9. The van der Waals surface area contributed by atoms with Crippen LogP contribution < -0.4 is 16.6 Å². The molecule has 0 aliphatic heterocycles. The van der Waals surface area contributed by atoms with E-state index in [0.717, 1.165) is 21.3 Å². The number of nitriles is 1. The van der Waals surface area contributed by atoms with Gasteiger partial charge in [-0.1, -0.05) is 12.1 Å². The highest BCUT2D eigenvalue weighted by Gasteiger charge is 2.30. The lowest BCUT2D eigenvalue weighted by Crippen LogP contribution is -2.43. The van der Waals surface area contributed by atoms with Crippen molar-refractivity contribution in [2.24, 2.45) is 14.1 Å². The fraction of sp³-hybridized carbons (Fsp3) is 0.389. The van der Waals surface area contributed by atoms with Crippen LogP contribution in [0.15, 0.2) is 33.9 Å². The molecule has 1 N–H and O–H groups in total. The molecule has 0 saturated heterocycles. The summed E-state index contributed by atoms with van der Waals surface area (Å²) in [6, 6.07) is 6.55. The number of hydrogen-bond acceptors (Lipinski definition) is 4. The SMILES string of the molecule is Cn1c(NC(C)(C)Cc2ccc(C(F)(F)F)cc2)c(C#N)c(=O)n(C)c1=O. The van der Waals surface area contributed by atoms with Gasteiger partial charge >= 0.3 is 11.9 Å². The maximum Gasteiger partial charge on any atom is 0.416 e. The maximum atomic E-state index is 12.7. The van der Waals surface area contributed by atoms with Crippen LogP contribution >= 0.6 is 0 Å². The van der Waals surface area contributed by atoms with Gasteiger partial charge in [0.1, 0.15) is 11.9 Å². The Balaban J connectivity index is 2.36. The van der Waals surface area contributed by atoms with Crippen LogP contribution in [0.2, 0.25) is 0 Å². The van der Waals surface area contributed by atoms with Crippen molar-refractivity contribution in [2.45, 2.75) is 32.0 Å². The number of halogens is 3. The van der Waals surface area contributed by atoms with Crippen LogP contribution in [0, 0.1) is 11.3 Å². The van der Waals surface area contributed by atoms with Gasteiger partial charge in [0, 0.05) is 19.6 Å². The molecule has 2 rings (SSSR count). The Bertz CT molecular complexity index is 1010. The number of hydrogen-bond donors (Lipinski definition) is 1. The van der Waals surface area contributed by atoms with Crippen molar-refractivity contribution in [2.75, 3.05) is 5.32 Å². The fourth-order valence-electron chi connectivity index (χ4n) is 2.78. The minimum Gasteiger partial charge on any atom is -0.365 e. The van der Waals surface area contributed by atoms with Crippen LogP contribution in [0.1, 0.15) is 30.5 Å². The first-order valence-electron chi connectivity index (χ1n) is 8.02. The topological polar surface area (TPSA) is 79.8 Å².